The summed E-state index contributed by atoms with van der Waals surface area (Å²) in [5.74, 6) is -0.772. The van der Waals surface area contributed by atoms with Gasteiger partial charge in [-0.2, -0.15) is 0 Å². The highest BCUT2D eigenvalue weighted by Gasteiger charge is 2.43. The van der Waals surface area contributed by atoms with E-state index >= 15 is 0 Å². The van der Waals surface area contributed by atoms with Crippen molar-refractivity contribution in [1.29, 1.82) is 0 Å². The molecule has 2 aromatic rings. The molecule has 2 aromatic carbocycles. The molecule has 164 valence electrons. The molecule has 0 saturated carbocycles. The summed E-state index contributed by atoms with van der Waals surface area (Å²) in [6.45, 7) is 3.87. The summed E-state index contributed by atoms with van der Waals surface area (Å²) in [6.07, 6.45) is 3.56. The number of hydrogen-bond donors (Lipinski definition) is 2. The number of carbonyl (C=O) groups excluding carboxylic acids is 2. The molecule has 4 unspecified atom stereocenters. The van der Waals surface area contributed by atoms with Crippen LogP contribution in [0.5, 0.6) is 5.75 Å². The minimum absolute atomic E-state index is 0.00573. The Hall–Kier alpha value is -2.73. The number of likely N-dealkylation sites (tertiary alicyclic amines) is 1. The van der Waals surface area contributed by atoms with E-state index in [0.717, 1.165) is 37.9 Å². The Bertz CT molecular complexity index is 958. The van der Waals surface area contributed by atoms with Crippen LogP contribution >= 0.6 is 0 Å². The van der Waals surface area contributed by atoms with E-state index in [1.165, 1.54) is 18.2 Å². The molecule has 0 radical (unpaired) electrons. The third kappa shape index (κ3) is 4.35. The summed E-state index contributed by atoms with van der Waals surface area (Å²) in [5, 5.41) is 13.3. The molecule has 0 aliphatic carbocycles. The number of aromatic hydroxyl groups is 1. The van der Waals surface area contributed by atoms with Gasteiger partial charge in [-0.15, -0.1) is 0 Å². The summed E-state index contributed by atoms with van der Waals surface area (Å²) in [6, 6.07) is 11.3. The highest BCUT2D eigenvalue weighted by Crippen LogP contribution is 2.42. The fourth-order valence-electron chi connectivity index (χ4n) is 5.35. The number of amides is 1. The summed E-state index contributed by atoms with van der Waals surface area (Å²) < 4.78 is 14.4. The molecular formula is C25H29FN2O3. The first-order valence-corrected chi connectivity index (χ1v) is 11.0. The Labute approximate surface area is 182 Å². The predicted octanol–water partition coefficient (Wildman–Crippen LogP) is 3.65. The van der Waals surface area contributed by atoms with Crippen LogP contribution in [0.3, 0.4) is 0 Å². The van der Waals surface area contributed by atoms with Gasteiger partial charge in [-0.1, -0.05) is 24.3 Å². The predicted molar refractivity (Wildman–Crippen MR) is 117 cm³/mol. The van der Waals surface area contributed by atoms with Crippen molar-refractivity contribution in [2.75, 3.05) is 19.6 Å². The van der Waals surface area contributed by atoms with Crippen LogP contribution < -0.4 is 5.32 Å². The van der Waals surface area contributed by atoms with Crippen molar-refractivity contribution in [2.45, 2.75) is 38.1 Å². The van der Waals surface area contributed by atoms with Crippen LogP contribution in [-0.2, 0) is 4.79 Å². The van der Waals surface area contributed by atoms with Crippen molar-refractivity contribution in [3.8, 4) is 5.75 Å². The van der Waals surface area contributed by atoms with Gasteiger partial charge >= 0.3 is 0 Å². The summed E-state index contributed by atoms with van der Waals surface area (Å²) >= 11 is 0. The van der Waals surface area contributed by atoms with E-state index in [1.54, 1.807) is 30.0 Å². The first kappa shape index (κ1) is 21.5. The molecule has 2 fully saturated rings. The van der Waals surface area contributed by atoms with Crippen LogP contribution in [0.1, 0.15) is 46.7 Å². The topological polar surface area (TPSA) is 69.6 Å². The van der Waals surface area contributed by atoms with Gasteiger partial charge in [0.25, 0.3) is 0 Å². The number of nitrogens with zero attached hydrogens (tertiary/aromatic N) is 1. The van der Waals surface area contributed by atoms with Gasteiger partial charge in [-0.25, -0.2) is 4.39 Å². The van der Waals surface area contributed by atoms with Gasteiger partial charge in [-0.05, 0) is 80.4 Å². The maximum atomic E-state index is 14.4. The van der Waals surface area contributed by atoms with Gasteiger partial charge in [0, 0.05) is 24.1 Å². The molecule has 1 amide bonds. The fraction of sp³-hybridized carbons (Fsp3) is 0.440. The van der Waals surface area contributed by atoms with E-state index in [4.69, 9.17) is 0 Å². The molecule has 0 aromatic heterocycles. The van der Waals surface area contributed by atoms with Crippen LogP contribution in [0.4, 0.5) is 4.39 Å². The van der Waals surface area contributed by atoms with Crippen LogP contribution in [0.25, 0.3) is 0 Å². The molecular weight excluding hydrogens is 395 g/mol. The average Bonchev–Trinajstić information content (AvgIpc) is 2.80. The number of phenols is 1. The standard InChI is InChI=1S/C25H29FN2O3/c1-16-20(8-3-9-23(16)26)21-12-24(18-6-4-10-27-13-18)28(15-29)14-22(21)25(31)17-5-2-7-19(30)11-17/h2-3,5,7-9,11,15,18,21-22,24,27,30H,4,6,10,12-14H2,1H3. The quantitative estimate of drug-likeness (QED) is 0.568. The number of benzene rings is 2. The van der Waals surface area contributed by atoms with Crippen molar-refractivity contribution in [3.63, 3.8) is 0 Å². The number of ketones is 1. The lowest BCUT2D eigenvalue weighted by molar-refractivity contribution is -0.124. The molecule has 2 aliphatic rings. The maximum Gasteiger partial charge on any atom is 0.209 e. The molecule has 31 heavy (non-hydrogen) atoms. The first-order valence-electron chi connectivity index (χ1n) is 11.0. The number of halogens is 1. The van der Waals surface area contributed by atoms with Gasteiger partial charge in [0.15, 0.2) is 5.78 Å². The largest absolute Gasteiger partial charge is 0.508 e. The highest BCUT2D eigenvalue weighted by molar-refractivity contribution is 5.99. The summed E-state index contributed by atoms with van der Waals surface area (Å²) in [5.41, 5.74) is 1.80. The summed E-state index contributed by atoms with van der Waals surface area (Å²) in [4.78, 5) is 27.3. The van der Waals surface area contributed by atoms with E-state index in [0.29, 0.717) is 30.0 Å². The Morgan fingerprint density at radius 1 is 1.26 bits per heavy atom. The number of rotatable bonds is 5. The lowest BCUT2D eigenvalue weighted by Gasteiger charge is -2.46. The second-order valence-electron chi connectivity index (χ2n) is 8.79. The van der Waals surface area contributed by atoms with Crippen molar-refractivity contribution in [2.24, 2.45) is 11.8 Å². The second kappa shape index (κ2) is 9.18. The van der Waals surface area contributed by atoms with Gasteiger partial charge in [0.05, 0.1) is 0 Å². The van der Waals surface area contributed by atoms with E-state index in [-0.39, 0.29) is 29.3 Å². The lowest BCUT2D eigenvalue weighted by Crippen LogP contribution is -2.53. The number of Topliss-reactive ketones (excluding diaryl/α,β-unsaturated/α-hetero) is 1. The molecule has 0 spiro atoms. The SMILES string of the molecule is Cc1c(F)cccc1C1CC(C2CCCNC2)N(C=O)CC1C(=O)c1cccc(O)c1. The number of carbonyl (C=O) groups is 2. The molecule has 2 aliphatic heterocycles. The monoisotopic (exact) mass is 424 g/mol. The summed E-state index contributed by atoms with van der Waals surface area (Å²) in [7, 11) is 0. The number of nitrogens with one attached hydrogen (secondary N) is 1. The molecule has 4 rings (SSSR count). The van der Waals surface area contributed by atoms with Gasteiger partial charge in [-0.3, -0.25) is 9.59 Å². The molecule has 2 N–H and O–H groups in total. The minimum Gasteiger partial charge on any atom is -0.508 e. The molecule has 4 atom stereocenters. The maximum absolute atomic E-state index is 14.4. The van der Waals surface area contributed by atoms with Crippen LogP contribution in [0.15, 0.2) is 42.5 Å². The van der Waals surface area contributed by atoms with E-state index in [2.05, 4.69) is 5.32 Å². The third-order valence-corrected chi connectivity index (χ3v) is 7.01. The fourth-order valence-corrected chi connectivity index (χ4v) is 5.35. The van der Waals surface area contributed by atoms with Gasteiger partial charge in [0.2, 0.25) is 6.41 Å². The highest BCUT2D eigenvalue weighted by atomic mass is 19.1. The number of piperidine rings is 2. The number of hydrogen-bond acceptors (Lipinski definition) is 4. The first-order chi connectivity index (χ1) is 15.0. The van der Waals surface area contributed by atoms with Crippen LogP contribution in [0.2, 0.25) is 0 Å². The zero-order valence-corrected chi connectivity index (χ0v) is 17.8. The normalized spacial score (nSPS) is 26.5. The van der Waals surface area contributed by atoms with Crippen molar-refractivity contribution >= 4 is 12.2 Å². The Morgan fingerprint density at radius 2 is 2.06 bits per heavy atom. The number of phenolic OH excluding ortho intramolecular Hbond substituents is 1. The Kier molecular flexibility index (Phi) is 6.37. The molecule has 2 saturated heterocycles. The Morgan fingerprint density at radius 3 is 2.77 bits per heavy atom. The van der Waals surface area contributed by atoms with Crippen molar-refractivity contribution in [3.05, 3.63) is 65.0 Å². The van der Waals surface area contributed by atoms with Crippen LogP contribution in [-0.4, -0.2) is 47.9 Å². The second-order valence-corrected chi connectivity index (χ2v) is 8.79. The zero-order chi connectivity index (χ0) is 22.0. The molecule has 6 heteroatoms. The lowest BCUT2D eigenvalue weighted by atomic mass is 9.70. The van der Waals surface area contributed by atoms with Gasteiger partial charge < -0.3 is 15.3 Å². The van der Waals surface area contributed by atoms with E-state index in [1.807, 2.05) is 6.07 Å². The van der Waals surface area contributed by atoms with Gasteiger partial charge in [0.1, 0.15) is 11.6 Å². The van der Waals surface area contributed by atoms with Crippen LogP contribution in [0, 0.1) is 24.6 Å². The van der Waals surface area contributed by atoms with Crippen molar-refractivity contribution < 1.29 is 19.1 Å². The zero-order valence-electron chi connectivity index (χ0n) is 17.8. The molecule has 0 bridgehead atoms. The van der Waals surface area contributed by atoms with E-state index in [9.17, 15) is 19.1 Å². The minimum atomic E-state index is -0.500. The third-order valence-electron chi connectivity index (χ3n) is 7.01. The molecule has 5 nitrogen and oxygen atoms in total. The average molecular weight is 425 g/mol. The van der Waals surface area contributed by atoms with Crippen molar-refractivity contribution in [1.82, 2.24) is 10.2 Å². The molecule has 2 heterocycles. The van der Waals surface area contributed by atoms with E-state index < -0.39 is 5.92 Å². The smallest absolute Gasteiger partial charge is 0.209 e. The Balaban J connectivity index is 1.73.